The molecule has 0 unspecified atom stereocenters. The fourth-order valence-electron chi connectivity index (χ4n) is 0.993. The molecule has 1 aromatic heterocycles. The van der Waals surface area contributed by atoms with Crippen LogP contribution in [0, 0.1) is 0 Å². The molecule has 3 heteroatoms. The van der Waals surface area contributed by atoms with Gasteiger partial charge in [-0.15, -0.1) is 0 Å². The predicted molar refractivity (Wildman–Crippen MR) is 48.4 cm³/mol. The monoisotopic (exact) mass is 181 g/mol. The topological polar surface area (TPSA) is 30.0 Å². The van der Waals surface area contributed by atoms with Gasteiger partial charge < -0.3 is 0 Å². The molecule has 0 spiro atoms. The summed E-state index contributed by atoms with van der Waals surface area (Å²) in [7, 11) is 0. The van der Waals surface area contributed by atoms with Gasteiger partial charge in [-0.2, -0.15) is 0 Å². The van der Waals surface area contributed by atoms with Crippen molar-refractivity contribution in [2.24, 2.45) is 0 Å². The number of pyridine rings is 1. The van der Waals surface area contributed by atoms with Crippen LogP contribution in [0.25, 0.3) is 0 Å². The van der Waals surface area contributed by atoms with Crippen LogP contribution in [0.15, 0.2) is 18.3 Å². The molecule has 0 N–H and O–H groups in total. The van der Waals surface area contributed by atoms with E-state index in [-0.39, 0.29) is 5.78 Å². The van der Waals surface area contributed by atoms with Crippen molar-refractivity contribution in [3.05, 3.63) is 29.6 Å². The summed E-state index contributed by atoms with van der Waals surface area (Å²) in [5, 5.41) is 0. The lowest BCUT2D eigenvalue weighted by molar-refractivity contribution is 0.101. The van der Waals surface area contributed by atoms with Crippen molar-refractivity contribution < 1.29 is 9.18 Å². The Labute approximate surface area is 76.8 Å². The van der Waals surface area contributed by atoms with Crippen LogP contribution >= 0.6 is 0 Å². The number of carbonyl (C=O) groups is 1. The number of Topliss-reactive ketones (excluding diaryl/α,β-unsaturated/α-hetero) is 1. The minimum atomic E-state index is -1.42. The summed E-state index contributed by atoms with van der Waals surface area (Å²) in [4.78, 5) is 14.8. The van der Waals surface area contributed by atoms with E-state index in [1.165, 1.54) is 33.0 Å². The van der Waals surface area contributed by atoms with Gasteiger partial charge >= 0.3 is 0 Å². The number of carbonyl (C=O) groups excluding carboxylic acids is 1. The highest BCUT2D eigenvalue weighted by molar-refractivity contribution is 5.92. The summed E-state index contributed by atoms with van der Waals surface area (Å²) < 4.78 is 13.4. The first-order chi connectivity index (χ1) is 5.91. The number of rotatable bonds is 2. The van der Waals surface area contributed by atoms with Crippen LogP contribution in [-0.2, 0) is 5.67 Å². The Hall–Kier alpha value is -1.25. The zero-order valence-electron chi connectivity index (χ0n) is 7.97. The van der Waals surface area contributed by atoms with Gasteiger partial charge in [0.2, 0.25) is 0 Å². The van der Waals surface area contributed by atoms with Gasteiger partial charge in [-0.05, 0) is 31.5 Å². The van der Waals surface area contributed by atoms with Crippen molar-refractivity contribution in [2.45, 2.75) is 26.4 Å². The normalized spacial score (nSPS) is 11.4. The molecule has 0 amide bonds. The Bertz CT molecular complexity index is 328. The van der Waals surface area contributed by atoms with Crippen LogP contribution < -0.4 is 0 Å². The van der Waals surface area contributed by atoms with Gasteiger partial charge in [-0.1, -0.05) is 0 Å². The summed E-state index contributed by atoms with van der Waals surface area (Å²) in [6.07, 6.45) is 1.45. The van der Waals surface area contributed by atoms with E-state index in [0.717, 1.165) is 0 Å². The average molecular weight is 181 g/mol. The first-order valence-corrected chi connectivity index (χ1v) is 4.07. The van der Waals surface area contributed by atoms with E-state index in [1.54, 1.807) is 6.07 Å². The maximum absolute atomic E-state index is 13.4. The number of nitrogens with zero attached hydrogens (tertiary/aromatic N) is 1. The zero-order valence-corrected chi connectivity index (χ0v) is 7.97. The predicted octanol–water partition coefficient (Wildman–Crippen LogP) is 2.49. The largest absolute Gasteiger partial charge is 0.293 e. The fourth-order valence-corrected chi connectivity index (χ4v) is 0.993. The highest BCUT2D eigenvalue weighted by atomic mass is 19.1. The average Bonchev–Trinajstić information content (AvgIpc) is 2.03. The molecule has 0 atom stereocenters. The van der Waals surface area contributed by atoms with Crippen LogP contribution in [0.5, 0.6) is 0 Å². The van der Waals surface area contributed by atoms with Crippen molar-refractivity contribution in [3.8, 4) is 0 Å². The third-order valence-corrected chi connectivity index (χ3v) is 1.81. The van der Waals surface area contributed by atoms with Gasteiger partial charge in [0, 0.05) is 13.1 Å². The molecule has 0 aromatic carbocycles. The molecule has 0 aliphatic heterocycles. The Morgan fingerprint density at radius 1 is 1.54 bits per heavy atom. The van der Waals surface area contributed by atoms with Gasteiger partial charge in [-0.25, -0.2) is 4.39 Å². The number of aromatic nitrogens is 1. The van der Waals surface area contributed by atoms with E-state index in [0.29, 0.717) is 11.3 Å². The third-order valence-electron chi connectivity index (χ3n) is 1.81. The first-order valence-electron chi connectivity index (χ1n) is 4.07. The van der Waals surface area contributed by atoms with Gasteiger partial charge in [0.05, 0.1) is 0 Å². The number of halogens is 1. The highest BCUT2D eigenvalue weighted by Gasteiger charge is 2.19. The lowest BCUT2D eigenvalue weighted by Gasteiger charge is -2.14. The smallest absolute Gasteiger partial charge is 0.178 e. The molecule has 0 aliphatic carbocycles. The Morgan fingerprint density at radius 3 is 2.62 bits per heavy atom. The summed E-state index contributed by atoms with van der Waals surface area (Å²) in [5.41, 5.74) is -0.636. The Morgan fingerprint density at radius 2 is 2.15 bits per heavy atom. The van der Waals surface area contributed by atoms with Crippen molar-refractivity contribution >= 4 is 5.78 Å². The minimum Gasteiger partial charge on any atom is -0.293 e. The van der Waals surface area contributed by atoms with E-state index < -0.39 is 5.67 Å². The lowest BCUT2D eigenvalue weighted by Crippen LogP contribution is -2.10. The van der Waals surface area contributed by atoms with Crippen LogP contribution in [-0.4, -0.2) is 10.8 Å². The second-order valence-electron chi connectivity index (χ2n) is 3.46. The molecular weight excluding hydrogens is 169 g/mol. The van der Waals surface area contributed by atoms with Crippen molar-refractivity contribution in [3.63, 3.8) is 0 Å². The molecule has 0 saturated carbocycles. The molecule has 13 heavy (non-hydrogen) atoms. The molecule has 2 nitrogen and oxygen atoms in total. The number of ketones is 1. The molecule has 0 fully saturated rings. The van der Waals surface area contributed by atoms with Crippen LogP contribution in [0.4, 0.5) is 4.39 Å². The maximum atomic E-state index is 13.4. The Kier molecular flexibility index (Phi) is 2.45. The quantitative estimate of drug-likeness (QED) is 0.656. The number of hydrogen-bond donors (Lipinski definition) is 0. The number of alkyl halides is 1. The van der Waals surface area contributed by atoms with Crippen molar-refractivity contribution in [1.82, 2.24) is 4.98 Å². The molecule has 0 aliphatic rings. The van der Waals surface area contributed by atoms with Gasteiger partial charge in [-0.3, -0.25) is 9.78 Å². The van der Waals surface area contributed by atoms with E-state index in [4.69, 9.17) is 0 Å². The zero-order chi connectivity index (χ0) is 10.1. The standard InChI is InChI=1S/C10H12FNO/c1-7(13)9-6-8(4-5-12-9)10(2,3)11/h4-6H,1-3H3. The van der Waals surface area contributed by atoms with Gasteiger partial charge in [0.15, 0.2) is 5.78 Å². The third kappa shape index (κ3) is 2.34. The molecule has 1 heterocycles. The molecule has 70 valence electrons. The van der Waals surface area contributed by atoms with E-state index in [1.807, 2.05) is 0 Å². The molecule has 0 saturated heterocycles. The molecule has 0 radical (unpaired) electrons. The van der Waals surface area contributed by atoms with Crippen LogP contribution in [0.1, 0.15) is 36.8 Å². The van der Waals surface area contributed by atoms with E-state index in [2.05, 4.69) is 4.98 Å². The van der Waals surface area contributed by atoms with Crippen LogP contribution in [0.3, 0.4) is 0 Å². The summed E-state index contributed by atoms with van der Waals surface area (Å²) in [5.74, 6) is -0.147. The van der Waals surface area contributed by atoms with Gasteiger partial charge in [0.25, 0.3) is 0 Å². The van der Waals surface area contributed by atoms with Crippen molar-refractivity contribution in [1.29, 1.82) is 0 Å². The molecule has 1 rings (SSSR count). The van der Waals surface area contributed by atoms with E-state index >= 15 is 0 Å². The van der Waals surface area contributed by atoms with Crippen molar-refractivity contribution in [2.75, 3.05) is 0 Å². The first kappa shape index (κ1) is 9.84. The Balaban J connectivity index is 3.13. The minimum absolute atomic E-state index is 0.147. The lowest BCUT2D eigenvalue weighted by atomic mass is 10.0. The second kappa shape index (κ2) is 3.24. The van der Waals surface area contributed by atoms with E-state index in [9.17, 15) is 9.18 Å². The maximum Gasteiger partial charge on any atom is 0.178 e. The molecular formula is C10H12FNO. The fraction of sp³-hybridized carbons (Fsp3) is 0.400. The SMILES string of the molecule is CC(=O)c1cc(C(C)(C)F)ccn1. The second-order valence-corrected chi connectivity index (χ2v) is 3.46. The number of hydrogen-bond acceptors (Lipinski definition) is 2. The molecule has 1 aromatic rings. The summed E-state index contributed by atoms with van der Waals surface area (Å²) in [6, 6.07) is 3.06. The molecule has 0 bridgehead atoms. The van der Waals surface area contributed by atoms with Crippen LogP contribution in [0.2, 0.25) is 0 Å². The van der Waals surface area contributed by atoms with Gasteiger partial charge in [0.1, 0.15) is 11.4 Å². The summed E-state index contributed by atoms with van der Waals surface area (Å²) >= 11 is 0. The summed E-state index contributed by atoms with van der Waals surface area (Å²) in [6.45, 7) is 4.32. The highest BCUT2D eigenvalue weighted by Crippen LogP contribution is 2.24.